The smallest absolute Gasteiger partial charge is 0.324 e. The van der Waals surface area contributed by atoms with E-state index in [1.165, 1.54) is 0 Å². The van der Waals surface area contributed by atoms with Crippen molar-refractivity contribution in [2.45, 2.75) is 29.6 Å². The Morgan fingerprint density at radius 2 is 1.57 bits per heavy atom. The predicted octanol–water partition coefficient (Wildman–Crippen LogP) is 4.82. The van der Waals surface area contributed by atoms with Crippen LogP contribution in [-0.4, -0.2) is 85.9 Å². The van der Waals surface area contributed by atoms with Crippen molar-refractivity contribution >= 4 is 40.9 Å². The lowest BCUT2D eigenvalue weighted by Gasteiger charge is -2.46. The Bertz CT molecular complexity index is 2580. The number of aliphatic hydroxyl groups is 1. The van der Waals surface area contributed by atoms with Crippen LogP contribution in [0.5, 0.6) is 5.75 Å². The lowest BCUT2D eigenvalue weighted by molar-refractivity contribution is -0.177. The quantitative estimate of drug-likeness (QED) is 0.0965. The Morgan fingerprint density at radius 3 is 2.29 bits per heavy atom. The number of amides is 4. The van der Waals surface area contributed by atoms with Gasteiger partial charge in [0.1, 0.15) is 29.9 Å². The number of fused-ring (bicyclic) bond motifs is 3. The first kappa shape index (κ1) is 41.2. The third-order valence-corrected chi connectivity index (χ3v) is 12.2. The Labute approximate surface area is 364 Å². The van der Waals surface area contributed by atoms with Gasteiger partial charge < -0.3 is 45.9 Å². The molecule has 3 fully saturated rings. The molecule has 63 heavy (non-hydrogen) atoms. The molecule has 14 nitrogen and oxygen atoms in total. The maximum absolute atomic E-state index is 15.6. The zero-order chi connectivity index (χ0) is 43.5. The summed E-state index contributed by atoms with van der Waals surface area (Å²) in [6.45, 7) is 2.48. The zero-order valence-corrected chi connectivity index (χ0v) is 34.2. The second-order valence-electron chi connectivity index (χ2n) is 15.8. The van der Waals surface area contributed by atoms with E-state index in [2.05, 4.69) is 32.7 Å². The second-order valence-corrected chi connectivity index (χ2v) is 15.8. The lowest BCUT2D eigenvalue weighted by atomic mass is 9.65. The van der Waals surface area contributed by atoms with E-state index in [1.54, 1.807) is 36.4 Å². The SMILES string of the molecule is NC(=O)NCC#Cc1ccc2c(c1)[C@]1(C(=O)N2)[C@H](C(=O)Nc2ccc(N3CCOCC3)cc2)[C@H]2C(=O)O[C@H](c3ccccc3)[C@H](c3ccccc3)N2[C@@H]1c1cccc(OCCO)c1. The molecule has 6 N–H and O–H groups in total. The first-order chi connectivity index (χ1) is 30.8. The Hall–Kier alpha value is -7.18. The Balaban J connectivity index is 1.27. The van der Waals surface area contributed by atoms with Crippen molar-refractivity contribution in [2.75, 3.05) is 61.6 Å². The molecule has 0 aromatic heterocycles. The van der Waals surface area contributed by atoms with Gasteiger partial charge in [0.15, 0.2) is 0 Å². The summed E-state index contributed by atoms with van der Waals surface area (Å²) in [6.07, 6.45) is -0.848. The van der Waals surface area contributed by atoms with Crippen molar-refractivity contribution in [2.24, 2.45) is 11.7 Å². The van der Waals surface area contributed by atoms with Crippen molar-refractivity contribution in [3.63, 3.8) is 0 Å². The Kier molecular flexibility index (Phi) is 11.5. The van der Waals surface area contributed by atoms with Gasteiger partial charge in [-0.25, -0.2) is 4.79 Å². The monoisotopic (exact) mass is 846 g/mol. The standard InChI is InChI=1S/C49H46N6O8/c50-48(60)51-22-8-9-31-16-21-39-38(29-31)49(47(59)53-39)40(45(57)52-35-17-19-36(20-18-35)54-23-26-61-27-24-54)42-46(58)63-43(33-12-5-2-6-13-33)41(32-10-3-1-4-11-32)55(42)44(49)34-14-7-15-37(30-34)62-28-25-56/h1-7,10-21,29-30,40-44,56H,22-28H2,(H,52,57)(H,53,59)(H3,50,51,60)/t40-,41-,42-,43+,44+,49-/m0/s1. The molecule has 4 aliphatic rings. The van der Waals surface area contributed by atoms with E-state index < -0.39 is 59.4 Å². The summed E-state index contributed by atoms with van der Waals surface area (Å²) in [5.74, 6) is 3.32. The normalized spacial score (nSPS) is 23.7. The molecule has 4 aliphatic heterocycles. The molecule has 0 radical (unpaired) electrons. The number of carbonyl (C=O) groups excluding carboxylic acids is 4. The fraction of sp³-hybridized carbons (Fsp3) is 0.265. The molecule has 0 bridgehead atoms. The van der Waals surface area contributed by atoms with Crippen LogP contribution in [0, 0.1) is 17.8 Å². The van der Waals surface area contributed by atoms with Gasteiger partial charge in [-0.3, -0.25) is 19.3 Å². The van der Waals surface area contributed by atoms with Crippen molar-refractivity contribution in [1.82, 2.24) is 10.2 Å². The topological polar surface area (TPSA) is 185 Å². The van der Waals surface area contributed by atoms with Crippen molar-refractivity contribution in [1.29, 1.82) is 0 Å². The number of carbonyl (C=O) groups is 4. The molecule has 0 aliphatic carbocycles. The molecule has 5 aromatic rings. The minimum Gasteiger partial charge on any atom is -0.491 e. The van der Waals surface area contributed by atoms with E-state index in [9.17, 15) is 9.90 Å². The van der Waals surface area contributed by atoms with E-state index in [-0.39, 0.29) is 19.8 Å². The molecule has 4 amide bonds. The number of hydrogen-bond donors (Lipinski definition) is 5. The van der Waals surface area contributed by atoms with Crippen LogP contribution in [0.1, 0.15) is 46.0 Å². The van der Waals surface area contributed by atoms with Crippen molar-refractivity contribution < 1.29 is 38.5 Å². The van der Waals surface area contributed by atoms with E-state index in [0.717, 1.165) is 29.9 Å². The number of primary amides is 1. The molecule has 1 spiro atoms. The van der Waals surface area contributed by atoms with Crippen LogP contribution < -0.4 is 31.3 Å². The molecule has 320 valence electrons. The van der Waals surface area contributed by atoms with E-state index in [0.29, 0.717) is 47.0 Å². The molecule has 3 saturated heterocycles. The summed E-state index contributed by atoms with van der Waals surface area (Å²) in [6, 6.07) is 35.3. The Morgan fingerprint density at radius 1 is 0.857 bits per heavy atom. The van der Waals surface area contributed by atoms with Crippen LogP contribution in [0.25, 0.3) is 0 Å². The van der Waals surface area contributed by atoms with Crippen LogP contribution in [-0.2, 0) is 29.3 Å². The first-order valence-corrected chi connectivity index (χ1v) is 20.9. The maximum Gasteiger partial charge on any atom is 0.324 e. The summed E-state index contributed by atoms with van der Waals surface area (Å²) in [5, 5.41) is 18.4. The number of nitrogens with one attached hydrogen (secondary N) is 3. The van der Waals surface area contributed by atoms with Gasteiger partial charge in [0.25, 0.3) is 0 Å². The minimum atomic E-state index is -1.78. The molecule has 0 saturated carbocycles. The third kappa shape index (κ3) is 7.71. The van der Waals surface area contributed by atoms with Gasteiger partial charge in [-0.1, -0.05) is 84.6 Å². The zero-order valence-electron chi connectivity index (χ0n) is 34.2. The van der Waals surface area contributed by atoms with E-state index in [4.69, 9.17) is 19.9 Å². The largest absolute Gasteiger partial charge is 0.491 e. The van der Waals surface area contributed by atoms with Crippen LogP contribution in [0.4, 0.5) is 21.9 Å². The van der Waals surface area contributed by atoms with Crippen LogP contribution in [0.2, 0.25) is 0 Å². The van der Waals surface area contributed by atoms with Gasteiger partial charge in [0.2, 0.25) is 11.8 Å². The average Bonchev–Trinajstić information content (AvgIpc) is 3.79. The third-order valence-electron chi connectivity index (χ3n) is 12.2. The summed E-state index contributed by atoms with van der Waals surface area (Å²) in [7, 11) is 0. The van der Waals surface area contributed by atoms with Gasteiger partial charge in [-0.05, 0) is 76.9 Å². The molecule has 4 heterocycles. The number of morpholine rings is 2. The van der Waals surface area contributed by atoms with Crippen LogP contribution in [0.3, 0.4) is 0 Å². The van der Waals surface area contributed by atoms with Gasteiger partial charge in [0, 0.05) is 35.7 Å². The highest BCUT2D eigenvalue weighted by Gasteiger charge is 2.74. The fourth-order valence-electron chi connectivity index (χ4n) is 9.68. The molecule has 6 atom stereocenters. The van der Waals surface area contributed by atoms with Crippen LogP contribution in [0.15, 0.2) is 127 Å². The second kappa shape index (κ2) is 17.7. The van der Waals surface area contributed by atoms with Crippen molar-refractivity contribution in [3.8, 4) is 17.6 Å². The molecular weight excluding hydrogens is 801 g/mol. The number of ether oxygens (including phenoxy) is 3. The van der Waals surface area contributed by atoms with Crippen LogP contribution >= 0.6 is 0 Å². The van der Waals surface area contributed by atoms with Crippen molar-refractivity contribution in [3.05, 3.63) is 155 Å². The minimum absolute atomic E-state index is 0.0192. The number of anilines is 3. The number of rotatable bonds is 10. The number of cyclic esters (lactones) is 1. The number of esters is 1. The molecule has 9 rings (SSSR count). The van der Waals surface area contributed by atoms with E-state index >= 15 is 14.4 Å². The summed E-state index contributed by atoms with van der Waals surface area (Å²) in [5.41, 5.74) is 8.50. The first-order valence-electron chi connectivity index (χ1n) is 20.9. The summed E-state index contributed by atoms with van der Waals surface area (Å²) in [4.78, 5) is 61.9. The molecular formula is C49H46N6O8. The number of aliphatic hydroxyl groups excluding tert-OH is 1. The highest BCUT2D eigenvalue weighted by molar-refractivity contribution is 6.13. The number of urea groups is 1. The molecule has 0 unspecified atom stereocenters. The van der Waals surface area contributed by atoms with Gasteiger partial charge in [0.05, 0.1) is 44.4 Å². The van der Waals surface area contributed by atoms with E-state index in [1.807, 2.05) is 95.9 Å². The molecule has 5 aromatic carbocycles. The van der Waals surface area contributed by atoms with Gasteiger partial charge in [-0.2, -0.15) is 0 Å². The average molecular weight is 847 g/mol. The fourth-order valence-corrected chi connectivity index (χ4v) is 9.68. The van der Waals surface area contributed by atoms with Gasteiger partial charge in [-0.15, -0.1) is 0 Å². The summed E-state index contributed by atoms with van der Waals surface area (Å²) >= 11 is 0. The highest BCUT2D eigenvalue weighted by atomic mass is 16.6. The number of nitrogens with two attached hydrogens (primary N) is 1. The predicted molar refractivity (Wildman–Crippen MR) is 235 cm³/mol. The summed E-state index contributed by atoms with van der Waals surface area (Å²) < 4.78 is 18.0. The van der Waals surface area contributed by atoms with Gasteiger partial charge >= 0.3 is 12.0 Å². The lowest BCUT2D eigenvalue weighted by Crippen LogP contribution is -2.53. The number of hydrogen-bond acceptors (Lipinski definition) is 10. The maximum atomic E-state index is 15.6. The highest BCUT2D eigenvalue weighted by Crippen LogP contribution is 2.65. The molecule has 14 heteroatoms. The number of benzene rings is 5. The number of nitrogens with zero attached hydrogens (tertiary/aromatic N) is 2.